The largest absolute Gasteiger partial charge is 0.465 e. The molecule has 0 amide bonds. The van der Waals surface area contributed by atoms with E-state index < -0.39 is 10.8 Å². The van der Waals surface area contributed by atoms with Gasteiger partial charge in [0, 0.05) is 19.3 Å². The number of ether oxygens (including phenoxy) is 1. The number of rotatable bonds is 3. The summed E-state index contributed by atoms with van der Waals surface area (Å²) in [6.45, 7) is 3.20. The van der Waals surface area contributed by atoms with Gasteiger partial charge in [-0.2, -0.15) is 0 Å². The third kappa shape index (κ3) is 2.71. The zero-order valence-corrected chi connectivity index (χ0v) is 12.2. The first kappa shape index (κ1) is 14.2. The molecule has 2 aliphatic rings. The van der Waals surface area contributed by atoms with E-state index in [1.807, 2.05) is 44.4 Å². The molecule has 0 N–H and O–H groups in total. The first-order valence-electron chi connectivity index (χ1n) is 6.70. The quantitative estimate of drug-likeness (QED) is 0.588. The van der Waals surface area contributed by atoms with Crippen LogP contribution in [0.3, 0.4) is 0 Å². The molecule has 2 atom stereocenters. The average Bonchev–Trinajstić information content (AvgIpc) is 2.78. The Morgan fingerprint density at radius 3 is 3.00 bits per heavy atom. The van der Waals surface area contributed by atoms with Crippen LogP contribution in [-0.2, 0) is 9.53 Å². The van der Waals surface area contributed by atoms with Crippen LogP contribution in [0.15, 0.2) is 36.1 Å². The van der Waals surface area contributed by atoms with Gasteiger partial charge < -0.3 is 9.64 Å². The van der Waals surface area contributed by atoms with Crippen LogP contribution in [0.4, 0.5) is 0 Å². The molecule has 0 spiro atoms. The Balaban J connectivity index is 2.37. The molecule has 1 heterocycles. The third-order valence-corrected chi connectivity index (χ3v) is 4.18. The van der Waals surface area contributed by atoms with Crippen LogP contribution in [-0.4, -0.2) is 36.4 Å². The van der Waals surface area contributed by atoms with Gasteiger partial charge in [0.15, 0.2) is 0 Å². The van der Waals surface area contributed by atoms with E-state index in [4.69, 9.17) is 16.3 Å². The predicted molar refractivity (Wildman–Crippen MR) is 76.9 cm³/mol. The molecule has 2 unspecified atom stereocenters. The number of nitrogens with zero attached hydrogens (tertiary/aromatic N) is 1. The van der Waals surface area contributed by atoms with E-state index in [0.717, 1.165) is 19.4 Å². The molecule has 2 rings (SSSR count). The van der Waals surface area contributed by atoms with Gasteiger partial charge in [0.05, 0.1) is 12.0 Å². The molecule has 0 aromatic carbocycles. The lowest BCUT2D eigenvalue weighted by molar-refractivity contribution is -0.149. The van der Waals surface area contributed by atoms with Crippen molar-refractivity contribution in [1.82, 2.24) is 4.90 Å². The molecule has 0 aromatic heterocycles. The Morgan fingerprint density at radius 1 is 1.63 bits per heavy atom. The third-order valence-electron chi connectivity index (χ3n) is 3.67. The van der Waals surface area contributed by atoms with Crippen LogP contribution in [0, 0.1) is 5.41 Å². The normalized spacial score (nSPS) is 32.1. The molecule has 19 heavy (non-hydrogen) atoms. The fourth-order valence-corrected chi connectivity index (χ4v) is 2.85. The van der Waals surface area contributed by atoms with Gasteiger partial charge in [-0.3, -0.25) is 4.79 Å². The van der Waals surface area contributed by atoms with Crippen LogP contribution in [0.2, 0.25) is 0 Å². The molecule has 1 aliphatic heterocycles. The minimum absolute atomic E-state index is 0.275. The van der Waals surface area contributed by atoms with Crippen LogP contribution in [0.25, 0.3) is 0 Å². The number of alkyl halides is 1. The molecule has 0 saturated carbocycles. The van der Waals surface area contributed by atoms with Crippen molar-refractivity contribution in [2.45, 2.75) is 25.1 Å². The van der Waals surface area contributed by atoms with Crippen molar-refractivity contribution in [3.8, 4) is 0 Å². The zero-order chi connectivity index (χ0) is 13.9. The molecule has 3 nitrogen and oxygen atoms in total. The van der Waals surface area contributed by atoms with Crippen molar-refractivity contribution in [3.63, 3.8) is 0 Å². The smallest absolute Gasteiger partial charge is 0.321 e. The van der Waals surface area contributed by atoms with Crippen molar-refractivity contribution in [1.29, 1.82) is 0 Å². The molecule has 1 fully saturated rings. The molecule has 4 heteroatoms. The van der Waals surface area contributed by atoms with Gasteiger partial charge in [-0.25, -0.2) is 0 Å². The summed E-state index contributed by atoms with van der Waals surface area (Å²) in [5.41, 5.74) is 0.291. The predicted octanol–water partition coefficient (Wildman–Crippen LogP) is 2.88. The number of allylic oxidation sites excluding steroid dienone is 4. The molecular formula is C15H20ClNO2. The Labute approximate surface area is 119 Å². The van der Waals surface area contributed by atoms with Crippen molar-refractivity contribution in [2.75, 3.05) is 20.2 Å². The highest BCUT2D eigenvalue weighted by Crippen LogP contribution is 2.38. The highest BCUT2D eigenvalue weighted by molar-refractivity contribution is 6.24. The van der Waals surface area contributed by atoms with Crippen LogP contribution in [0.1, 0.15) is 19.8 Å². The van der Waals surface area contributed by atoms with Crippen LogP contribution in [0.5, 0.6) is 0 Å². The van der Waals surface area contributed by atoms with Crippen molar-refractivity contribution >= 4 is 17.6 Å². The lowest BCUT2D eigenvalue weighted by Gasteiger charge is -2.31. The minimum atomic E-state index is -0.875. The maximum absolute atomic E-state index is 12.4. The second-order valence-corrected chi connectivity index (χ2v) is 5.43. The molecule has 1 saturated heterocycles. The molecule has 1 aliphatic carbocycles. The van der Waals surface area contributed by atoms with E-state index in [2.05, 4.69) is 4.90 Å². The van der Waals surface area contributed by atoms with E-state index in [1.54, 1.807) is 0 Å². The summed E-state index contributed by atoms with van der Waals surface area (Å²) >= 11 is 6.39. The Morgan fingerprint density at radius 2 is 2.42 bits per heavy atom. The number of hydrogen-bond donors (Lipinski definition) is 0. The summed E-state index contributed by atoms with van der Waals surface area (Å²) in [5, 5.41) is -0.405. The van der Waals surface area contributed by atoms with Gasteiger partial charge in [0.1, 0.15) is 5.41 Å². The van der Waals surface area contributed by atoms with Gasteiger partial charge in [-0.15, -0.1) is 11.6 Å². The number of hydrogen-bond acceptors (Lipinski definition) is 3. The maximum Gasteiger partial charge on any atom is 0.321 e. The average molecular weight is 282 g/mol. The van der Waals surface area contributed by atoms with E-state index >= 15 is 0 Å². The Kier molecular flexibility index (Phi) is 4.35. The SMILES string of the molecule is CCOC(=O)C1(C=C2CCCN2C)C=CC=CC1Cl. The van der Waals surface area contributed by atoms with E-state index in [9.17, 15) is 4.79 Å². The molecule has 0 radical (unpaired) electrons. The van der Waals surface area contributed by atoms with Crippen LogP contribution >= 0.6 is 11.6 Å². The Bertz CT molecular complexity index is 441. The number of carbonyl (C=O) groups excluding carboxylic acids is 1. The minimum Gasteiger partial charge on any atom is -0.465 e. The summed E-state index contributed by atoms with van der Waals surface area (Å²) in [7, 11) is 2.04. The molecule has 0 bridgehead atoms. The van der Waals surface area contributed by atoms with Gasteiger partial charge in [-0.05, 0) is 25.8 Å². The molecule has 104 valence electrons. The summed E-state index contributed by atoms with van der Waals surface area (Å²) in [4.78, 5) is 14.5. The molecule has 0 aromatic rings. The second kappa shape index (κ2) is 5.83. The van der Waals surface area contributed by atoms with Crippen molar-refractivity contribution in [2.24, 2.45) is 5.41 Å². The summed E-state index contributed by atoms with van der Waals surface area (Å²) in [6.07, 6.45) is 11.5. The fourth-order valence-electron chi connectivity index (χ4n) is 2.54. The zero-order valence-electron chi connectivity index (χ0n) is 11.4. The lowest BCUT2D eigenvalue weighted by atomic mass is 9.80. The monoisotopic (exact) mass is 281 g/mol. The summed E-state index contributed by atoms with van der Waals surface area (Å²) < 4.78 is 5.23. The van der Waals surface area contributed by atoms with E-state index in [0.29, 0.717) is 6.61 Å². The van der Waals surface area contributed by atoms with E-state index in [1.165, 1.54) is 5.70 Å². The fraction of sp³-hybridized carbons (Fsp3) is 0.533. The lowest BCUT2D eigenvalue weighted by Crippen LogP contribution is -2.38. The van der Waals surface area contributed by atoms with Gasteiger partial charge in [0.2, 0.25) is 0 Å². The van der Waals surface area contributed by atoms with Crippen LogP contribution < -0.4 is 0 Å². The maximum atomic E-state index is 12.4. The summed E-state index contributed by atoms with van der Waals surface area (Å²) in [5.74, 6) is -0.275. The number of carbonyl (C=O) groups is 1. The number of halogens is 1. The number of likely N-dealkylation sites (tertiary alicyclic amines) is 1. The van der Waals surface area contributed by atoms with E-state index in [-0.39, 0.29) is 5.97 Å². The van der Waals surface area contributed by atoms with Crippen molar-refractivity contribution in [3.05, 3.63) is 36.1 Å². The standard InChI is InChI=1S/C15H20ClNO2/c1-3-19-14(18)15(9-5-4-8-13(15)16)11-12-7-6-10-17(12)2/h4-5,8-9,11,13H,3,6-7,10H2,1-2H3. The summed E-state index contributed by atoms with van der Waals surface area (Å²) in [6, 6.07) is 0. The second-order valence-electron chi connectivity index (χ2n) is 4.96. The number of esters is 1. The highest BCUT2D eigenvalue weighted by Gasteiger charge is 2.43. The van der Waals surface area contributed by atoms with Gasteiger partial charge in [0.25, 0.3) is 0 Å². The highest BCUT2D eigenvalue weighted by atomic mass is 35.5. The first-order valence-corrected chi connectivity index (χ1v) is 7.14. The van der Waals surface area contributed by atoms with Gasteiger partial charge in [-0.1, -0.05) is 24.3 Å². The first-order chi connectivity index (χ1) is 9.10. The Hall–Kier alpha value is -1.22. The van der Waals surface area contributed by atoms with Gasteiger partial charge >= 0.3 is 5.97 Å². The van der Waals surface area contributed by atoms with Crippen molar-refractivity contribution < 1.29 is 9.53 Å². The molecular weight excluding hydrogens is 262 g/mol. The topological polar surface area (TPSA) is 29.5 Å².